The summed E-state index contributed by atoms with van der Waals surface area (Å²) in [5.41, 5.74) is 3.98. The monoisotopic (exact) mass is 271 g/mol. The predicted molar refractivity (Wildman–Crippen MR) is 84.0 cm³/mol. The number of hydrogen-bond acceptors (Lipinski definition) is 2. The maximum Gasteiger partial charge on any atom is 0.0662 e. The second-order valence-electron chi connectivity index (χ2n) is 5.69. The zero-order chi connectivity index (χ0) is 14.4. The van der Waals surface area contributed by atoms with Crippen molar-refractivity contribution >= 4 is 0 Å². The Labute approximate surface area is 122 Å². The first-order valence-electron chi connectivity index (χ1n) is 7.44. The van der Waals surface area contributed by atoms with Crippen LogP contribution in [0.2, 0.25) is 0 Å². The largest absolute Gasteiger partial charge is 0.315 e. The van der Waals surface area contributed by atoms with Crippen LogP contribution in [0.4, 0.5) is 0 Å². The third-order valence-electron chi connectivity index (χ3n) is 3.48. The highest BCUT2D eigenvalue weighted by molar-refractivity contribution is 5.25. The fourth-order valence-electron chi connectivity index (χ4n) is 2.27. The summed E-state index contributed by atoms with van der Waals surface area (Å²) < 4.78 is 2.04. The Bertz CT molecular complexity index is 529. The average Bonchev–Trinajstić information content (AvgIpc) is 2.85. The normalized spacial score (nSPS) is 11.2. The molecule has 2 aromatic rings. The summed E-state index contributed by atoms with van der Waals surface area (Å²) in [6.45, 7) is 8.44. The molecule has 0 aliphatic rings. The molecule has 0 aliphatic carbocycles. The molecule has 1 aromatic carbocycles. The summed E-state index contributed by atoms with van der Waals surface area (Å²) in [5, 5.41) is 7.91. The summed E-state index contributed by atoms with van der Waals surface area (Å²) in [6.07, 6.45) is 6.41. The zero-order valence-corrected chi connectivity index (χ0v) is 12.8. The Morgan fingerprint density at radius 2 is 2.05 bits per heavy atom. The molecular weight excluding hydrogens is 246 g/mol. The van der Waals surface area contributed by atoms with Gasteiger partial charge in [0.25, 0.3) is 0 Å². The van der Waals surface area contributed by atoms with Crippen molar-refractivity contribution in [3.05, 3.63) is 53.3 Å². The van der Waals surface area contributed by atoms with Gasteiger partial charge in [0.1, 0.15) is 0 Å². The summed E-state index contributed by atoms with van der Waals surface area (Å²) in [6, 6.07) is 9.05. The number of hydrogen-bond donors (Lipinski definition) is 1. The van der Waals surface area contributed by atoms with E-state index in [1.807, 2.05) is 10.9 Å². The van der Waals surface area contributed by atoms with E-state index < -0.39 is 0 Å². The van der Waals surface area contributed by atoms with E-state index in [0.29, 0.717) is 6.04 Å². The standard InChI is InChI=1S/C17H25N3/c1-14(2)18-10-6-8-16-11-19-20(12-16)13-17-9-5-4-7-15(17)3/h4-5,7,9,11-12,14,18H,6,8,10,13H2,1-3H3. The number of aryl methyl sites for hydroxylation is 2. The molecule has 0 saturated heterocycles. The van der Waals surface area contributed by atoms with Crippen molar-refractivity contribution in [2.24, 2.45) is 0 Å². The van der Waals surface area contributed by atoms with Gasteiger partial charge in [-0.3, -0.25) is 4.68 Å². The molecule has 0 fully saturated rings. The molecule has 0 unspecified atom stereocenters. The van der Waals surface area contributed by atoms with Gasteiger partial charge in [0.2, 0.25) is 0 Å². The molecule has 0 amide bonds. The van der Waals surface area contributed by atoms with Gasteiger partial charge in [-0.2, -0.15) is 5.10 Å². The third kappa shape index (κ3) is 4.49. The van der Waals surface area contributed by atoms with Crippen molar-refractivity contribution < 1.29 is 0 Å². The quantitative estimate of drug-likeness (QED) is 0.784. The van der Waals surface area contributed by atoms with E-state index in [0.717, 1.165) is 25.9 Å². The van der Waals surface area contributed by atoms with Gasteiger partial charge in [-0.25, -0.2) is 0 Å². The highest BCUT2D eigenvalue weighted by atomic mass is 15.3. The lowest BCUT2D eigenvalue weighted by atomic mass is 10.1. The molecule has 0 saturated carbocycles. The van der Waals surface area contributed by atoms with E-state index >= 15 is 0 Å². The Kier molecular flexibility index (Phi) is 5.36. The Morgan fingerprint density at radius 3 is 2.80 bits per heavy atom. The molecular formula is C17H25N3. The maximum absolute atomic E-state index is 4.46. The molecule has 0 spiro atoms. The minimum absolute atomic E-state index is 0.568. The van der Waals surface area contributed by atoms with Crippen molar-refractivity contribution in [2.75, 3.05) is 6.54 Å². The van der Waals surface area contributed by atoms with Crippen LogP contribution in [0.25, 0.3) is 0 Å². The molecule has 3 heteroatoms. The third-order valence-corrected chi connectivity index (χ3v) is 3.48. The molecule has 2 rings (SSSR count). The van der Waals surface area contributed by atoms with Gasteiger partial charge in [0, 0.05) is 12.2 Å². The first kappa shape index (κ1) is 14.8. The fourth-order valence-corrected chi connectivity index (χ4v) is 2.27. The maximum atomic E-state index is 4.46. The molecule has 3 nitrogen and oxygen atoms in total. The summed E-state index contributed by atoms with van der Waals surface area (Å²) >= 11 is 0. The van der Waals surface area contributed by atoms with Crippen LogP contribution in [0, 0.1) is 6.92 Å². The predicted octanol–water partition coefficient (Wildman–Crippen LogP) is 3.17. The van der Waals surface area contributed by atoms with Crippen LogP contribution in [-0.2, 0) is 13.0 Å². The number of nitrogens with one attached hydrogen (secondary N) is 1. The molecule has 1 N–H and O–H groups in total. The lowest BCUT2D eigenvalue weighted by Crippen LogP contribution is -2.23. The smallest absolute Gasteiger partial charge is 0.0662 e. The van der Waals surface area contributed by atoms with E-state index in [1.165, 1.54) is 16.7 Å². The van der Waals surface area contributed by atoms with Crippen molar-refractivity contribution in [1.82, 2.24) is 15.1 Å². The van der Waals surface area contributed by atoms with Gasteiger partial charge in [-0.1, -0.05) is 38.1 Å². The highest BCUT2D eigenvalue weighted by Gasteiger charge is 2.02. The van der Waals surface area contributed by atoms with E-state index in [1.54, 1.807) is 0 Å². The number of rotatable bonds is 7. The van der Waals surface area contributed by atoms with Gasteiger partial charge in [0.05, 0.1) is 12.7 Å². The molecule has 0 bridgehead atoms. The second-order valence-corrected chi connectivity index (χ2v) is 5.69. The number of benzene rings is 1. The lowest BCUT2D eigenvalue weighted by molar-refractivity contribution is 0.570. The van der Waals surface area contributed by atoms with Crippen molar-refractivity contribution in [3.63, 3.8) is 0 Å². The second kappa shape index (κ2) is 7.25. The fraction of sp³-hybridized carbons (Fsp3) is 0.471. The molecule has 20 heavy (non-hydrogen) atoms. The minimum atomic E-state index is 0.568. The van der Waals surface area contributed by atoms with Crippen LogP contribution >= 0.6 is 0 Å². The van der Waals surface area contributed by atoms with Crippen LogP contribution in [-0.4, -0.2) is 22.4 Å². The van der Waals surface area contributed by atoms with Gasteiger partial charge in [-0.15, -0.1) is 0 Å². The Hall–Kier alpha value is -1.61. The average molecular weight is 271 g/mol. The van der Waals surface area contributed by atoms with Crippen molar-refractivity contribution in [3.8, 4) is 0 Å². The molecule has 1 heterocycles. The van der Waals surface area contributed by atoms with Crippen LogP contribution in [0.3, 0.4) is 0 Å². The van der Waals surface area contributed by atoms with Crippen molar-refractivity contribution in [1.29, 1.82) is 0 Å². The topological polar surface area (TPSA) is 29.9 Å². The van der Waals surface area contributed by atoms with Gasteiger partial charge in [0.15, 0.2) is 0 Å². The summed E-state index contributed by atoms with van der Waals surface area (Å²) in [7, 11) is 0. The van der Waals surface area contributed by atoms with Crippen LogP contribution in [0.5, 0.6) is 0 Å². The van der Waals surface area contributed by atoms with E-state index in [9.17, 15) is 0 Å². The highest BCUT2D eigenvalue weighted by Crippen LogP contribution is 2.10. The van der Waals surface area contributed by atoms with Gasteiger partial charge in [-0.05, 0) is 43.0 Å². The summed E-state index contributed by atoms with van der Waals surface area (Å²) in [4.78, 5) is 0. The molecule has 108 valence electrons. The minimum Gasteiger partial charge on any atom is -0.315 e. The zero-order valence-electron chi connectivity index (χ0n) is 12.8. The molecule has 0 aliphatic heterocycles. The lowest BCUT2D eigenvalue weighted by Gasteiger charge is -2.06. The molecule has 0 radical (unpaired) electrons. The Morgan fingerprint density at radius 1 is 1.25 bits per heavy atom. The Balaban J connectivity index is 1.85. The van der Waals surface area contributed by atoms with E-state index in [2.05, 4.69) is 61.6 Å². The number of nitrogens with zero attached hydrogens (tertiary/aromatic N) is 2. The number of aromatic nitrogens is 2. The summed E-state index contributed by atoms with van der Waals surface area (Å²) in [5.74, 6) is 0. The van der Waals surface area contributed by atoms with Crippen LogP contribution < -0.4 is 5.32 Å². The SMILES string of the molecule is Cc1ccccc1Cn1cc(CCCNC(C)C)cn1. The molecule has 1 aromatic heterocycles. The van der Waals surface area contributed by atoms with Gasteiger partial charge >= 0.3 is 0 Å². The first-order chi connectivity index (χ1) is 9.65. The molecule has 0 atom stereocenters. The van der Waals surface area contributed by atoms with Gasteiger partial charge < -0.3 is 5.32 Å². The first-order valence-corrected chi connectivity index (χ1v) is 7.44. The van der Waals surface area contributed by atoms with E-state index in [-0.39, 0.29) is 0 Å². The van der Waals surface area contributed by atoms with E-state index in [4.69, 9.17) is 0 Å². The van der Waals surface area contributed by atoms with Crippen LogP contribution in [0.15, 0.2) is 36.7 Å². The van der Waals surface area contributed by atoms with Crippen molar-refractivity contribution in [2.45, 2.75) is 46.2 Å². The van der Waals surface area contributed by atoms with Crippen LogP contribution in [0.1, 0.15) is 37.0 Å².